The topological polar surface area (TPSA) is 98.3 Å². The third-order valence-electron chi connectivity index (χ3n) is 4.67. The van der Waals surface area contributed by atoms with E-state index in [1.54, 1.807) is 0 Å². The minimum atomic E-state index is -0.741. The molecule has 0 aliphatic carbocycles. The van der Waals surface area contributed by atoms with Crippen LogP contribution in [0.1, 0.15) is 42.4 Å². The van der Waals surface area contributed by atoms with Gasteiger partial charge < -0.3 is 5.11 Å². The number of hydrogen-bond acceptors (Lipinski definition) is 4. The van der Waals surface area contributed by atoms with E-state index in [1.807, 2.05) is 43.3 Å². The molecule has 1 aromatic heterocycles. The van der Waals surface area contributed by atoms with Crippen LogP contribution in [-0.4, -0.2) is 27.3 Å². The number of H-pyrrole nitrogens is 2. The van der Waals surface area contributed by atoms with Crippen molar-refractivity contribution in [1.29, 1.82) is 0 Å². The molecule has 0 fully saturated rings. The highest BCUT2D eigenvalue weighted by atomic mass is 16.3. The van der Waals surface area contributed by atoms with Crippen molar-refractivity contribution in [1.82, 2.24) is 9.97 Å². The Morgan fingerprint density at radius 3 is 2.04 bits per heavy atom. The van der Waals surface area contributed by atoms with Crippen molar-refractivity contribution >= 4 is 5.71 Å². The highest BCUT2D eigenvalue weighted by Gasteiger charge is 2.16. The molecular formula is C22H23N3O3. The Labute approximate surface area is 162 Å². The Kier molecular flexibility index (Phi) is 6.22. The smallest absolute Gasteiger partial charge is 0.328 e. The average molecular weight is 377 g/mol. The van der Waals surface area contributed by atoms with Crippen molar-refractivity contribution in [3.63, 3.8) is 0 Å². The monoisotopic (exact) mass is 377 g/mol. The van der Waals surface area contributed by atoms with E-state index in [2.05, 4.69) is 39.2 Å². The van der Waals surface area contributed by atoms with Gasteiger partial charge in [0.15, 0.2) is 0 Å². The van der Waals surface area contributed by atoms with Gasteiger partial charge in [-0.15, -0.1) is 0 Å². The van der Waals surface area contributed by atoms with Gasteiger partial charge in [0.05, 0.1) is 5.71 Å². The van der Waals surface area contributed by atoms with E-state index in [9.17, 15) is 14.7 Å². The molecular weight excluding hydrogens is 354 g/mol. The lowest BCUT2D eigenvalue weighted by atomic mass is 9.88. The molecule has 6 nitrogen and oxygen atoms in total. The molecule has 3 rings (SSSR count). The van der Waals surface area contributed by atoms with Crippen LogP contribution in [0.25, 0.3) is 0 Å². The Bertz CT molecular complexity index is 1010. The first-order valence-electron chi connectivity index (χ1n) is 9.29. The number of aromatic nitrogens is 2. The van der Waals surface area contributed by atoms with E-state index in [0.717, 1.165) is 6.42 Å². The molecule has 0 saturated heterocycles. The summed E-state index contributed by atoms with van der Waals surface area (Å²) in [6.45, 7) is 2.34. The number of nitrogens with zero attached hydrogens (tertiary/aromatic N) is 1. The number of aromatic hydroxyl groups is 1. The van der Waals surface area contributed by atoms with Gasteiger partial charge in [-0.3, -0.25) is 19.8 Å². The number of aliphatic imine (C=N–C) groups is 1. The first-order valence-corrected chi connectivity index (χ1v) is 9.29. The maximum atomic E-state index is 12.1. The Morgan fingerprint density at radius 2 is 1.54 bits per heavy atom. The lowest BCUT2D eigenvalue weighted by Crippen LogP contribution is -2.27. The molecule has 0 aliphatic heterocycles. The zero-order valence-corrected chi connectivity index (χ0v) is 15.7. The summed E-state index contributed by atoms with van der Waals surface area (Å²) in [5.41, 5.74) is 1.52. The number of benzene rings is 2. The van der Waals surface area contributed by atoms with Crippen molar-refractivity contribution in [3.8, 4) is 5.88 Å². The number of nitrogens with one attached hydrogen (secondary N) is 2. The molecule has 144 valence electrons. The van der Waals surface area contributed by atoms with Gasteiger partial charge in [0.2, 0.25) is 5.88 Å². The van der Waals surface area contributed by atoms with Crippen LogP contribution in [0.3, 0.4) is 0 Å². The van der Waals surface area contributed by atoms with Gasteiger partial charge >= 0.3 is 5.69 Å². The molecule has 6 heteroatoms. The van der Waals surface area contributed by atoms with Crippen LogP contribution in [0.5, 0.6) is 5.88 Å². The fourth-order valence-corrected chi connectivity index (χ4v) is 3.33. The number of rotatable bonds is 7. The Morgan fingerprint density at radius 1 is 0.964 bits per heavy atom. The minimum Gasteiger partial charge on any atom is -0.494 e. The predicted molar refractivity (Wildman–Crippen MR) is 110 cm³/mol. The molecule has 0 spiro atoms. The van der Waals surface area contributed by atoms with Crippen LogP contribution in [-0.2, 0) is 0 Å². The second kappa shape index (κ2) is 8.99. The zero-order chi connectivity index (χ0) is 19.9. The van der Waals surface area contributed by atoms with Crippen molar-refractivity contribution in [3.05, 3.63) is 98.2 Å². The van der Waals surface area contributed by atoms with E-state index in [0.29, 0.717) is 18.7 Å². The summed E-state index contributed by atoms with van der Waals surface area (Å²) < 4.78 is 0. The van der Waals surface area contributed by atoms with Crippen LogP contribution in [0, 0.1) is 0 Å². The van der Waals surface area contributed by atoms with Crippen LogP contribution < -0.4 is 11.2 Å². The maximum Gasteiger partial charge on any atom is 0.328 e. The molecule has 0 atom stereocenters. The van der Waals surface area contributed by atoms with Gasteiger partial charge in [-0.2, -0.15) is 0 Å². The van der Waals surface area contributed by atoms with Gasteiger partial charge in [0.25, 0.3) is 5.56 Å². The number of aromatic amines is 2. The van der Waals surface area contributed by atoms with Gasteiger partial charge in [0, 0.05) is 12.5 Å². The lowest BCUT2D eigenvalue weighted by Gasteiger charge is -2.17. The highest BCUT2D eigenvalue weighted by molar-refractivity contribution is 6.01. The molecule has 0 amide bonds. The van der Waals surface area contributed by atoms with Crippen molar-refractivity contribution in [2.75, 3.05) is 6.54 Å². The normalized spacial score (nSPS) is 11.7. The summed E-state index contributed by atoms with van der Waals surface area (Å²) >= 11 is 0. The summed E-state index contributed by atoms with van der Waals surface area (Å²) in [5.74, 6) is -0.274. The molecule has 0 radical (unpaired) electrons. The fourth-order valence-electron chi connectivity index (χ4n) is 3.33. The second-order valence-electron chi connectivity index (χ2n) is 6.48. The maximum absolute atomic E-state index is 12.1. The third-order valence-corrected chi connectivity index (χ3v) is 4.67. The van der Waals surface area contributed by atoms with Crippen molar-refractivity contribution in [2.24, 2.45) is 4.99 Å². The summed E-state index contributed by atoms with van der Waals surface area (Å²) in [6.07, 6.45) is 1.21. The van der Waals surface area contributed by atoms with Gasteiger partial charge in [-0.05, 0) is 24.0 Å². The standard InChI is InChI=1S/C22H23N3O3/c1-2-18(19-20(26)24-22(28)25-21(19)27)23-14-13-17(15-9-5-3-6-10-15)16-11-7-4-8-12-16/h3-12,17H,2,13-14H2,1H3,(H3,24,25,26,27,28). The molecule has 3 aromatic rings. The molecule has 1 heterocycles. The average Bonchev–Trinajstić information content (AvgIpc) is 2.70. The quantitative estimate of drug-likeness (QED) is 0.552. The summed E-state index contributed by atoms with van der Waals surface area (Å²) in [4.78, 5) is 32.3. The van der Waals surface area contributed by atoms with Crippen molar-refractivity contribution < 1.29 is 5.11 Å². The molecule has 2 aromatic carbocycles. The van der Waals surface area contributed by atoms with Crippen LogP contribution in [0.15, 0.2) is 75.2 Å². The Balaban J connectivity index is 1.87. The van der Waals surface area contributed by atoms with Crippen LogP contribution in [0.2, 0.25) is 0 Å². The number of hydrogen-bond donors (Lipinski definition) is 3. The van der Waals surface area contributed by atoms with E-state index in [4.69, 9.17) is 0 Å². The Hall–Kier alpha value is -3.41. The molecule has 0 unspecified atom stereocenters. The van der Waals surface area contributed by atoms with Crippen LogP contribution >= 0.6 is 0 Å². The lowest BCUT2D eigenvalue weighted by molar-refractivity contribution is 0.447. The molecule has 0 bridgehead atoms. The van der Waals surface area contributed by atoms with Crippen molar-refractivity contribution in [2.45, 2.75) is 25.7 Å². The SMILES string of the molecule is CCC(=NCCC(c1ccccc1)c1ccccc1)c1c(O)[nH]c(=O)[nH]c1=O. The second-order valence-corrected chi connectivity index (χ2v) is 6.48. The van der Waals surface area contributed by atoms with Gasteiger partial charge in [0.1, 0.15) is 5.56 Å². The predicted octanol–water partition coefficient (Wildman–Crippen LogP) is 3.19. The van der Waals surface area contributed by atoms with E-state index in [1.165, 1.54) is 11.1 Å². The van der Waals surface area contributed by atoms with E-state index < -0.39 is 17.1 Å². The highest BCUT2D eigenvalue weighted by Crippen LogP contribution is 2.28. The van der Waals surface area contributed by atoms with E-state index in [-0.39, 0.29) is 11.5 Å². The summed E-state index contributed by atoms with van der Waals surface area (Å²) in [5, 5.41) is 9.98. The molecule has 0 saturated carbocycles. The third kappa shape index (κ3) is 4.46. The zero-order valence-electron chi connectivity index (χ0n) is 15.7. The van der Waals surface area contributed by atoms with E-state index >= 15 is 0 Å². The largest absolute Gasteiger partial charge is 0.494 e. The summed E-state index contributed by atoms with van der Waals surface area (Å²) in [7, 11) is 0. The molecule has 3 N–H and O–H groups in total. The molecule has 0 aliphatic rings. The van der Waals surface area contributed by atoms with Gasteiger partial charge in [-0.1, -0.05) is 67.6 Å². The van der Waals surface area contributed by atoms with Crippen LogP contribution in [0.4, 0.5) is 0 Å². The summed E-state index contributed by atoms with van der Waals surface area (Å²) in [6, 6.07) is 20.4. The fraction of sp³-hybridized carbons (Fsp3) is 0.227. The van der Waals surface area contributed by atoms with Gasteiger partial charge in [-0.25, -0.2) is 4.79 Å². The molecule has 28 heavy (non-hydrogen) atoms. The minimum absolute atomic E-state index is 0.0260. The first-order chi connectivity index (χ1) is 13.6. The first kappa shape index (κ1) is 19.4.